The maximum atomic E-state index is 10.1. The number of nitrogens with zero attached hydrogens (tertiary/aromatic N) is 2. The van der Waals surface area contributed by atoms with Gasteiger partial charge >= 0.3 is 0 Å². The second-order valence-corrected chi connectivity index (χ2v) is 5.25. The molecule has 0 saturated carbocycles. The molecule has 4 heteroatoms. The van der Waals surface area contributed by atoms with E-state index >= 15 is 0 Å². The van der Waals surface area contributed by atoms with Crippen LogP contribution < -0.4 is 0 Å². The molecule has 0 aliphatic carbocycles. The molecule has 0 fully saturated rings. The van der Waals surface area contributed by atoms with Crippen molar-refractivity contribution in [2.75, 3.05) is 13.1 Å². The monoisotopic (exact) mass is 224 g/mol. The van der Waals surface area contributed by atoms with E-state index in [-0.39, 0.29) is 10.8 Å². The van der Waals surface area contributed by atoms with E-state index in [0.29, 0.717) is 13.1 Å². The zero-order chi connectivity index (χ0) is 12.7. The molecule has 0 N–H and O–H groups in total. The van der Waals surface area contributed by atoms with Crippen LogP contribution in [0.25, 0.3) is 0 Å². The molecule has 0 amide bonds. The smallest absolute Gasteiger partial charge is 0.211 e. The van der Waals surface area contributed by atoms with Crippen LogP contribution in [-0.2, 0) is 9.59 Å². The van der Waals surface area contributed by atoms with Crippen molar-refractivity contribution in [1.29, 1.82) is 0 Å². The summed E-state index contributed by atoms with van der Waals surface area (Å²) in [6, 6.07) is 0. The number of hydrogen-bond acceptors (Lipinski definition) is 4. The van der Waals surface area contributed by atoms with Crippen molar-refractivity contribution < 1.29 is 9.59 Å². The van der Waals surface area contributed by atoms with Gasteiger partial charge in [0.25, 0.3) is 0 Å². The van der Waals surface area contributed by atoms with E-state index < -0.39 is 0 Å². The van der Waals surface area contributed by atoms with E-state index in [1.165, 1.54) is 6.08 Å². The Morgan fingerprint density at radius 2 is 1.50 bits per heavy atom. The molecule has 0 heterocycles. The number of aliphatic imine (C=N–C) groups is 2. The van der Waals surface area contributed by atoms with Gasteiger partial charge in [-0.15, -0.1) is 0 Å². The molecule has 0 radical (unpaired) electrons. The fraction of sp³-hybridized carbons (Fsp3) is 0.833. The molecule has 0 unspecified atom stereocenters. The molecule has 4 nitrogen and oxygen atoms in total. The van der Waals surface area contributed by atoms with Crippen LogP contribution in [0.1, 0.15) is 40.5 Å². The molecule has 0 spiro atoms. The van der Waals surface area contributed by atoms with Crippen LogP contribution in [0.4, 0.5) is 0 Å². The maximum Gasteiger partial charge on any atom is 0.234 e. The summed E-state index contributed by atoms with van der Waals surface area (Å²) in [4.78, 5) is 27.2. The molecule has 0 aromatic carbocycles. The van der Waals surface area contributed by atoms with Crippen LogP contribution >= 0.6 is 0 Å². The molecule has 0 atom stereocenters. The zero-order valence-corrected chi connectivity index (χ0v) is 10.5. The van der Waals surface area contributed by atoms with Gasteiger partial charge in [-0.2, -0.15) is 0 Å². The summed E-state index contributed by atoms with van der Waals surface area (Å²) in [7, 11) is 0. The van der Waals surface area contributed by atoms with Crippen LogP contribution in [0.5, 0.6) is 0 Å². The Labute approximate surface area is 96.9 Å². The highest BCUT2D eigenvalue weighted by molar-refractivity contribution is 5.33. The van der Waals surface area contributed by atoms with E-state index in [4.69, 9.17) is 0 Å². The highest BCUT2D eigenvalue weighted by Crippen LogP contribution is 2.42. The summed E-state index contributed by atoms with van der Waals surface area (Å²) in [6.07, 6.45) is 4.88. The van der Waals surface area contributed by atoms with Crippen LogP contribution in [0.2, 0.25) is 0 Å². The normalized spacial score (nSPS) is 11.5. The van der Waals surface area contributed by atoms with Gasteiger partial charge in [0.1, 0.15) is 0 Å². The predicted molar refractivity (Wildman–Crippen MR) is 62.8 cm³/mol. The Bertz CT molecular complexity index is 309. The van der Waals surface area contributed by atoms with Crippen LogP contribution in [0.15, 0.2) is 9.98 Å². The van der Waals surface area contributed by atoms with E-state index in [1.807, 2.05) is 0 Å². The molecular formula is C12H20N2O2. The molecule has 0 aromatic rings. The fourth-order valence-corrected chi connectivity index (χ4v) is 1.43. The van der Waals surface area contributed by atoms with Gasteiger partial charge in [-0.3, -0.25) is 0 Å². The Hall–Kier alpha value is -1.24. The molecule has 16 heavy (non-hydrogen) atoms. The van der Waals surface area contributed by atoms with Crippen molar-refractivity contribution in [1.82, 2.24) is 0 Å². The SMILES string of the molecule is CC(C)(CCCN=C=O)C(C)(C)CN=C=O. The average molecular weight is 224 g/mol. The van der Waals surface area contributed by atoms with Crippen LogP contribution in [0, 0.1) is 10.8 Å². The Morgan fingerprint density at radius 1 is 0.938 bits per heavy atom. The minimum absolute atomic E-state index is 0.0335. The molecule has 0 bridgehead atoms. The first-order chi connectivity index (χ1) is 7.37. The second-order valence-electron chi connectivity index (χ2n) is 5.25. The van der Waals surface area contributed by atoms with Gasteiger partial charge in [0.05, 0.1) is 13.1 Å². The number of carbonyl (C=O) groups excluding carboxylic acids is 2. The predicted octanol–water partition coefficient (Wildman–Crippen LogP) is 2.49. The molecule has 0 aromatic heterocycles. The first-order valence-electron chi connectivity index (χ1n) is 5.45. The highest BCUT2D eigenvalue weighted by Gasteiger charge is 2.36. The first kappa shape index (κ1) is 14.8. The van der Waals surface area contributed by atoms with Gasteiger partial charge in [-0.05, 0) is 23.7 Å². The molecule has 0 aliphatic rings. The number of rotatable bonds is 7. The molecule has 0 aliphatic heterocycles. The number of hydrogen-bond donors (Lipinski definition) is 0. The van der Waals surface area contributed by atoms with Crippen molar-refractivity contribution >= 4 is 12.2 Å². The Morgan fingerprint density at radius 3 is 2.00 bits per heavy atom. The summed E-state index contributed by atoms with van der Waals surface area (Å²) < 4.78 is 0. The summed E-state index contributed by atoms with van der Waals surface area (Å²) in [6.45, 7) is 9.42. The van der Waals surface area contributed by atoms with Gasteiger partial charge in [0.2, 0.25) is 12.2 Å². The van der Waals surface area contributed by atoms with Gasteiger partial charge in [-0.25, -0.2) is 19.6 Å². The minimum atomic E-state index is -0.0741. The minimum Gasteiger partial charge on any atom is -0.211 e. The van der Waals surface area contributed by atoms with Crippen molar-refractivity contribution in [3.63, 3.8) is 0 Å². The Balaban J connectivity index is 4.37. The molecule has 0 rings (SSSR count). The van der Waals surface area contributed by atoms with E-state index in [9.17, 15) is 9.59 Å². The summed E-state index contributed by atoms with van der Waals surface area (Å²) >= 11 is 0. The van der Waals surface area contributed by atoms with E-state index in [0.717, 1.165) is 12.8 Å². The van der Waals surface area contributed by atoms with E-state index in [2.05, 4.69) is 37.7 Å². The first-order valence-corrected chi connectivity index (χ1v) is 5.45. The highest BCUT2D eigenvalue weighted by atomic mass is 16.1. The second kappa shape index (κ2) is 6.37. The van der Waals surface area contributed by atoms with Gasteiger partial charge in [-0.1, -0.05) is 27.7 Å². The van der Waals surface area contributed by atoms with Crippen molar-refractivity contribution in [2.45, 2.75) is 40.5 Å². The zero-order valence-electron chi connectivity index (χ0n) is 10.5. The lowest BCUT2D eigenvalue weighted by Crippen LogP contribution is -2.35. The standard InChI is InChI=1S/C12H20N2O2/c1-11(2,6-5-7-13-9-15)12(3,4)8-14-10-16/h5-8H2,1-4H3. The topological polar surface area (TPSA) is 58.9 Å². The summed E-state index contributed by atoms with van der Waals surface area (Å²) in [5.41, 5.74) is -0.0406. The lowest BCUT2D eigenvalue weighted by molar-refractivity contribution is 0.106. The molecular weight excluding hydrogens is 204 g/mol. The van der Waals surface area contributed by atoms with Gasteiger partial charge < -0.3 is 0 Å². The van der Waals surface area contributed by atoms with Crippen LogP contribution in [0.3, 0.4) is 0 Å². The van der Waals surface area contributed by atoms with E-state index in [1.54, 1.807) is 6.08 Å². The van der Waals surface area contributed by atoms with Crippen molar-refractivity contribution in [3.05, 3.63) is 0 Å². The van der Waals surface area contributed by atoms with Gasteiger partial charge in [0.15, 0.2) is 0 Å². The third-order valence-corrected chi connectivity index (χ3v) is 3.51. The molecule has 90 valence electrons. The largest absolute Gasteiger partial charge is 0.234 e. The van der Waals surface area contributed by atoms with Gasteiger partial charge in [0, 0.05) is 0 Å². The quantitative estimate of drug-likeness (QED) is 0.379. The maximum absolute atomic E-state index is 10.1. The fourth-order valence-electron chi connectivity index (χ4n) is 1.43. The van der Waals surface area contributed by atoms with Crippen molar-refractivity contribution in [3.8, 4) is 0 Å². The third kappa shape index (κ3) is 4.52. The Kier molecular flexibility index (Phi) is 5.87. The summed E-state index contributed by atoms with van der Waals surface area (Å²) in [5.74, 6) is 0. The molecule has 0 saturated heterocycles. The third-order valence-electron chi connectivity index (χ3n) is 3.51. The lowest BCUT2D eigenvalue weighted by Gasteiger charge is -2.40. The lowest BCUT2D eigenvalue weighted by atomic mass is 9.65. The average Bonchev–Trinajstić information content (AvgIpc) is 2.21. The number of isocyanates is 2. The van der Waals surface area contributed by atoms with Crippen molar-refractivity contribution in [2.24, 2.45) is 20.8 Å². The summed E-state index contributed by atoms with van der Waals surface area (Å²) in [5, 5.41) is 0. The van der Waals surface area contributed by atoms with Crippen LogP contribution in [-0.4, -0.2) is 25.2 Å².